The van der Waals surface area contributed by atoms with Crippen LogP contribution in [0.4, 0.5) is 0 Å². The molecule has 4 aromatic carbocycles. The second-order valence-electron chi connectivity index (χ2n) is 25.6. The lowest BCUT2D eigenvalue weighted by Crippen LogP contribution is -2.67. The van der Waals surface area contributed by atoms with Crippen LogP contribution in [0.5, 0.6) is 0 Å². The van der Waals surface area contributed by atoms with Crippen LogP contribution in [0.1, 0.15) is 114 Å². The van der Waals surface area contributed by atoms with Gasteiger partial charge in [0.15, 0.2) is 25.2 Å². The number of nitrogens with zero attached hydrogens (tertiary/aromatic N) is 3. The van der Waals surface area contributed by atoms with Crippen molar-refractivity contribution in [3.63, 3.8) is 0 Å². The highest BCUT2D eigenvalue weighted by molar-refractivity contribution is 6.99. The van der Waals surface area contributed by atoms with Crippen molar-refractivity contribution in [1.82, 2.24) is 0 Å². The van der Waals surface area contributed by atoms with Crippen LogP contribution < -0.4 is 10.4 Å². The average Bonchev–Trinajstić information content (AvgIpc) is 1.40. The third-order valence-electron chi connectivity index (χ3n) is 17.5. The fourth-order valence-corrected chi connectivity index (χ4v) is 17.0. The van der Waals surface area contributed by atoms with Gasteiger partial charge in [0, 0.05) is 16.7 Å². The molecule has 0 amide bonds. The summed E-state index contributed by atoms with van der Waals surface area (Å²) in [6, 6.07) is 39.9. The Morgan fingerprint density at radius 1 is 0.560 bits per heavy atom. The van der Waals surface area contributed by atoms with Gasteiger partial charge in [0.05, 0.1) is 62.5 Å². The van der Waals surface area contributed by atoms with Crippen LogP contribution in [0.15, 0.2) is 126 Å². The van der Waals surface area contributed by atoms with E-state index in [1.54, 1.807) is 0 Å². The summed E-state index contributed by atoms with van der Waals surface area (Å²) >= 11 is 0. The van der Waals surface area contributed by atoms with Gasteiger partial charge in [-0.05, 0) is 90.9 Å². The van der Waals surface area contributed by atoms with Crippen molar-refractivity contribution in [2.24, 2.45) is 34.7 Å². The number of rotatable bonds is 22. The molecular weight excluding hydrogens is 1090 g/mol. The highest BCUT2D eigenvalue weighted by Gasteiger charge is 2.55. The summed E-state index contributed by atoms with van der Waals surface area (Å²) in [5, 5.41) is 19.0. The summed E-state index contributed by atoms with van der Waals surface area (Å²) in [4.78, 5) is 16.1. The van der Waals surface area contributed by atoms with Gasteiger partial charge >= 0.3 is 5.97 Å². The van der Waals surface area contributed by atoms with E-state index in [1.165, 1.54) is 0 Å². The van der Waals surface area contributed by atoms with E-state index in [0.29, 0.717) is 13.0 Å². The van der Waals surface area contributed by atoms with Crippen LogP contribution in [-0.4, -0.2) is 130 Å². The third-order valence-corrected chi connectivity index (χ3v) is 22.5. The van der Waals surface area contributed by atoms with Gasteiger partial charge < -0.3 is 61.6 Å². The zero-order chi connectivity index (χ0) is 60.5. The van der Waals surface area contributed by atoms with Crippen molar-refractivity contribution in [3.05, 3.63) is 143 Å². The minimum atomic E-state index is -2.98. The summed E-state index contributed by atoms with van der Waals surface area (Å²) in [6.45, 7) is 28.7. The zero-order valence-electron chi connectivity index (χ0n) is 51.7. The van der Waals surface area contributed by atoms with E-state index in [1.807, 2.05) is 121 Å². The van der Waals surface area contributed by atoms with Crippen molar-refractivity contribution >= 4 is 24.7 Å². The molecular formula is C66H93N3O14Si. The SMILES string of the molecule is CCC1O[C@H](O[C@@H]2C(C)O[C@@H](OCC(=O)OC(C)(C)C)C(C)[C@@H]2OCc2ccccc2)C(C)[C@@H](C)[C@@H]1O[C@@H]1OC(C)[C@@H](O[C@@H]2OC(CO[Si](c3ccccc3)(c3ccccc3)C(C)(C)C)[C@@H](C)[C@H](C)C2N=[N+]=[N-])[C@@H](OCc2ccccc2)C1O. The Morgan fingerprint density at radius 3 is 1.57 bits per heavy atom. The third kappa shape index (κ3) is 15.4. The Balaban J connectivity index is 1.00. The lowest BCUT2D eigenvalue weighted by Gasteiger charge is -2.51. The lowest BCUT2D eigenvalue weighted by molar-refractivity contribution is -0.372. The second-order valence-corrected chi connectivity index (χ2v) is 29.9. The zero-order valence-corrected chi connectivity index (χ0v) is 52.7. The fourth-order valence-electron chi connectivity index (χ4n) is 12.5. The first-order valence-electron chi connectivity index (χ1n) is 30.2. The monoisotopic (exact) mass is 1180 g/mol. The van der Waals surface area contributed by atoms with E-state index in [0.717, 1.165) is 21.5 Å². The molecule has 1 N–H and O–H groups in total. The van der Waals surface area contributed by atoms with E-state index in [4.69, 9.17) is 56.5 Å². The summed E-state index contributed by atoms with van der Waals surface area (Å²) in [7, 11) is -2.98. The molecule has 0 bridgehead atoms. The summed E-state index contributed by atoms with van der Waals surface area (Å²) in [5.41, 5.74) is 11.3. The van der Waals surface area contributed by atoms with Crippen molar-refractivity contribution in [3.8, 4) is 0 Å². The molecule has 4 aliphatic heterocycles. The molecule has 0 radical (unpaired) electrons. The molecule has 4 aromatic rings. The smallest absolute Gasteiger partial charge is 0.332 e. The van der Waals surface area contributed by atoms with Crippen LogP contribution in [0.2, 0.25) is 5.04 Å². The van der Waals surface area contributed by atoms with Gasteiger partial charge in [0.1, 0.15) is 36.6 Å². The minimum absolute atomic E-state index is 0.104. The molecule has 4 fully saturated rings. The molecule has 0 spiro atoms. The molecule has 17 nitrogen and oxygen atoms in total. The van der Waals surface area contributed by atoms with E-state index < -0.39 is 112 Å². The van der Waals surface area contributed by atoms with Crippen LogP contribution in [-0.2, 0) is 74.5 Å². The van der Waals surface area contributed by atoms with Gasteiger partial charge in [-0.3, -0.25) is 0 Å². The maximum atomic E-state index is 12.8. The standard InChI is InChI=1S/C66H93N3O14Si/c1-15-51-56(42(4)43(5)62(78-51)81-58-45(7)76-61(74-39-53(70)83-65(9,10)11)44(6)57(58)72-36-47-28-20-16-21-29-47)80-64-55(71)60(73-37-48-30-22-17-23-31-48)59(46(8)77-64)82-63-54(68-69-67)41(3)40(2)52(79-63)38-75-84(66(12,13)14,49-32-24-18-25-33-49)50-34-26-19-27-35-50/h16-35,40-46,51-52,54-64,71H,15,36-39H2,1-14H3/t40-,41-,42+,43?,44?,45?,46?,51?,52?,54?,55?,56-,57-,58+,59+,60-,61+,62+,63-,64-/m0/s1. The molecule has 0 saturated carbocycles. The van der Waals surface area contributed by atoms with Crippen LogP contribution in [0.25, 0.3) is 10.4 Å². The van der Waals surface area contributed by atoms with E-state index in [-0.39, 0.29) is 54.4 Å². The van der Waals surface area contributed by atoms with Crippen molar-refractivity contribution in [2.45, 2.75) is 219 Å². The topological polar surface area (TPSA) is 197 Å². The number of aliphatic hydroxyl groups is 1. The summed E-state index contributed by atoms with van der Waals surface area (Å²) in [5.74, 6) is -1.55. The van der Waals surface area contributed by atoms with Gasteiger partial charge in [-0.2, -0.15) is 0 Å². The first-order valence-corrected chi connectivity index (χ1v) is 32.2. The fraction of sp³-hybridized carbons (Fsp3) is 0.621. The Labute approximate surface area is 499 Å². The number of aliphatic hydroxyl groups excluding tert-OH is 1. The summed E-state index contributed by atoms with van der Waals surface area (Å²) in [6.07, 6.45) is -10.3. The predicted molar refractivity (Wildman–Crippen MR) is 321 cm³/mol. The van der Waals surface area contributed by atoms with Crippen LogP contribution in [0.3, 0.4) is 0 Å². The van der Waals surface area contributed by atoms with Gasteiger partial charge in [0.25, 0.3) is 8.32 Å². The maximum Gasteiger partial charge on any atom is 0.332 e. The Bertz CT molecular complexity index is 2660. The Kier molecular flexibility index (Phi) is 22.5. The first-order chi connectivity index (χ1) is 40.0. The average molecular weight is 1180 g/mol. The molecule has 460 valence electrons. The lowest BCUT2D eigenvalue weighted by atomic mass is 9.82. The van der Waals surface area contributed by atoms with E-state index in [9.17, 15) is 15.4 Å². The number of azide groups is 1. The maximum absolute atomic E-state index is 12.8. The molecule has 8 unspecified atom stereocenters. The van der Waals surface area contributed by atoms with Crippen molar-refractivity contribution in [2.75, 3.05) is 13.2 Å². The molecule has 0 aromatic heterocycles. The summed E-state index contributed by atoms with van der Waals surface area (Å²) < 4.78 is 80.6. The normalized spacial score (nSPS) is 34.1. The quantitative estimate of drug-likeness (QED) is 0.0256. The molecule has 4 heterocycles. The largest absolute Gasteiger partial charge is 0.458 e. The number of carbonyl (C=O) groups is 1. The predicted octanol–water partition coefficient (Wildman–Crippen LogP) is 10.8. The molecule has 20 atom stereocenters. The molecule has 84 heavy (non-hydrogen) atoms. The van der Waals surface area contributed by atoms with Gasteiger partial charge in [0.2, 0.25) is 0 Å². The first kappa shape index (κ1) is 65.4. The number of hydrogen-bond acceptors (Lipinski definition) is 15. The van der Waals surface area contributed by atoms with E-state index in [2.05, 4.69) is 107 Å². The van der Waals surface area contributed by atoms with Crippen molar-refractivity contribution < 1.29 is 66.4 Å². The second kappa shape index (κ2) is 28.9. The highest BCUT2D eigenvalue weighted by atomic mass is 28.4. The van der Waals surface area contributed by atoms with Gasteiger partial charge in [-0.1, -0.05) is 189 Å². The van der Waals surface area contributed by atoms with Crippen LogP contribution in [0, 0.1) is 29.6 Å². The van der Waals surface area contributed by atoms with Crippen molar-refractivity contribution in [1.29, 1.82) is 0 Å². The molecule has 8 rings (SSSR count). The van der Waals surface area contributed by atoms with Gasteiger partial charge in [-0.25, -0.2) is 4.79 Å². The molecule has 4 aliphatic rings. The Morgan fingerprint density at radius 2 is 1.05 bits per heavy atom. The molecule has 4 saturated heterocycles. The molecule has 18 heteroatoms. The number of esters is 1. The number of ether oxygens (including phenoxy) is 11. The number of hydrogen-bond donors (Lipinski definition) is 1. The Hall–Kier alpha value is -4.60. The number of carbonyl (C=O) groups excluding carboxylic acids is 1. The van der Waals surface area contributed by atoms with E-state index >= 15 is 0 Å². The van der Waals surface area contributed by atoms with Gasteiger partial charge in [-0.15, -0.1) is 0 Å². The number of benzene rings is 4. The highest BCUT2D eigenvalue weighted by Crippen LogP contribution is 2.43. The minimum Gasteiger partial charge on any atom is -0.458 e. The molecule has 0 aliphatic carbocycles. The van der Waals surface area contributed by atoms with Crippen LogP contribution >= 0.6 is 0 Å².